The fourth-order valence-electron chi connectivity index (χ4n) is 3.77. The molecule has 0 fully saturated rings. The van der Waals surface area contributed by atoms with E-state index in [9.17, 15) is 0 Å². The number of benzene rings is 2. The van der Waals surface area contributed by atoms with Gasteiger partial charge in [0.2, 0.25) is 0 Å². The highest BCUT2D eigenvalue weighted by atomic mass is 14.1. The van der Waals surface area contributed by atoms with Gasteiger partial charge in [-0.05, 0) is 29.2 Å². The fraction of sp³-hybridized carbons (Fsp3) is 0.560. The van der Waals surface area contributed by atoms with Gasteiger partial charge in [0.05, 0.1) is 0 Å². The van der Waals surface area contributed by atoms with Crippen LogP contribution in [0.3, 0.4) is 0 Å². The van der Waals surface area contributed by atoms with Gasteiger partial charge < -0.3 is 0 Å². The third-order valence-corrected chi connectivity index (χ3v) is 5.33. The van der Waals surface area contributed by atoms with E-state index in [1.807, 2.05) is 0 Å². The van der Waals surface area contributed by atoms with Crippen molar-refractivity contribution in [1.82, 2.24) is 0 Å². The van der Waals surface area contributed by atoms with Crippen molar-refractivity contribution in [3.63, 3.8) is 0 Å². The molecule has 0 saturated heterocycles. The quantitative estimate of drug-likeness (QED) is 0.304. The topological polar surface area (TPSA) is 0 Å². The van der Waals surface area contributed by atoms with Crippen molar-refractivity contribution in [3.8, 4) is 0 Å². The summed E-state index contributed by atoms with van der Waals surface area (Å²) in [4.78, 5) is 0. The Balaban J connectivity index is 1.46. The minimum atomic E-state index is 1.11. The largest absolute Gasteiger partial charge is 0.0616 e. The Morgan fingerprint density at radius 2 is 1.04 bits per heavy atom. The average molecular weight is 338 g/mol. The van der Waals surface area contributed by atoms with Crippen molar-refractivity contribution in [2.45, 2.75) is 89.9 Å². The van der Waals surface area contributed by atoms with Gasteiger partial charge in [-0.2, -0.15) is 0 Å². The molecule has 0 aliphatic carbocycles. The Labute approximate surface area is 156 Å². The molecule has 0 atom stereocenters. The summed E-state index contributed by atoms with van der Waals surface area (Å²) in [5.41, 5.74) is 1.52. The Bertz CT molecular complexity index is 564. The maximum atomic E-state index is 3.91. The number of unbranched alkanes of at least 4 members (excludes halogenated alkanes) is 12. The Kier molecular flexibility index (Phi) is 10.4. The Morgan fingerprint density at radius 1 is 0.520 bits per heavy atom. The third kappa shape index (κ3) is 8.08. The van der Waals surface area contributed by atoms with Crippen LogP contribution in [0, 0.1) is 6.92 Å². The number of hydrogen-bond donors (Lipinski definition) is 0. The van der Waals surface area contributed by atoms with E-state index in [1.165, 1.54) is 99.8 Å². The smallest absolute Gasteiger partial charge is 0.0152 e. The molecule has 0 aliphatic rings. The highest BCUT2D eigenvalue weighted by Gasteiger charge is 2.00. The second-order valence-corrected chi connectivity index (χ2v) is 7.48. The van der Waals surface area contributed by atoms with E-state index in [0.29, 0.717) is 0 Å². The van der Waals surface area contributed by atoms with E-state index in [-0.39, 0.29) is 0 Å². The Morgan fingerprint density at radius 3 is 1.68 bits per heavy atom. The lowest BCUT2D eigenvalue weighted by Crippen LogP contribution is -1.88. The maximum Gasteiger partial charge on any atom is -0.0152 e. The highest BCUT2D eigenvalue weighted by molar-refractivity contribution is 5.85. The van der Waals surface area contributed by atoms with Crippen LogP contribution in [0.2, 0.25) is 0 Å². The first-order valence-electron chi connectivity index (χ1n) is 10.7. The van der Waals surface area contributed by atoms with Gasteiger partial charge in [-0.15, -0.1) is 0 Å². The van der Waals surface area contributed by atoms with Crippen LogP contribution in [0.25, 0.3) is 10.8 Å². The van der Waals surface area contributed by atoms with E-state index >= 15 is 0 Å². The lowest BCUT2D eigenvalue weighted by molar-refractivity contribution is 0.541. The Hall–Kier alpha value is -1.30. The second-order valence-electron chi connectivity index (χ2n) is 7.48. The molecule has 0 saturated carbocycles. The average Bonchev–Trinajstić information content (AvgIpc) is 2.65. The molecule has 0 heteroatoms. The van der Waals surface area contributed by atoms with Crippen LogP contribution in [-0.4, -0.2) is 0 Å². The van der Waals surface area contributed by atoms with Crippen LogP contribution in [0.4, 0.5) is 0 Å². The van der Waals surface area contributed by atoms with Crippen molar-refractivity contribution in [1.29, 1.82) is 0 Å². The van der Waals surface area contributed by atoms with E-state index in [0.717, 1.165) is 6.42 Å². The molecule has 0 heterocycles. The molecule has 0 aliphatic heterocycles. The van der Waals surface area contributed by atoms with Crippen LogP contribution in [0.15, 0.2) is 42.5 Å². The SMILES string of the molecule is [CH2]CCCCCCCCCCCCCCc1cccc2ccccc12. The van der Waals surface area contributed by atoms with Gasteiger partial charge >= 0.3 is 0 Å². The van der Waals surface area contributed by atoms with Crippen LogP contribution < -0.4 is 0 Å². The molecule has 0 nitrogen and oxygen atoms in total. The minimum absolute atomic E-state index is 1.11. The first-order chi connectivity index (χ1) is 12.4. The monoisotopic (exact) mass is 337 g/mol. The number of hydrogen-bond acceptors (Lipinski definition) is 0. The zero-order valence-corrected chi connectivity index (χ0v) is 16.1. The van der Waals surface area contributed by atoms with E-state index < -0.39 is 0 Å². The zero-order valence-electron chi connectivity index (χ0n) is 16.1. The highest BCUT2D eigenvalue weighted by Crippen LogP contribution is 2.21. The molecule has 25 heavy (non-hydrogen) atoms. The van der Waals surface area contributed by atoms with Crippen LogP contribution >= 0.6 is 0 Å². The maximum absolute atomic E-state index is 3.91. The van der Waals surface area contributed by atoms with Crippen LogP contribution in [0.1, 0.15) is 89.0 Å². The van der Waals surface area contributed by atoms with Gasteiger partial charge in [0.25, 0.3) is 0 Å². The predicted octanol–water partition coefficient (Wildman–Crippen LogP) is 8.29. The van der Waals surface area contributed by atoms with Crippen molar-refractivity contribution in [3.05, 3.63) is 55.0 Å². The molecule has 0 spiro atoms. The number of aryl methyl sites for hydroxylation is 1. The summed E-state index contributed by atoms with van der Waals surface area (Å²) in [5.74, 6) is 0. The van der Waals surface area contributed by atoms with Gasteiger partial charge in [-0.3, -0.25) is 0 Å². The molecule has 137 valence electrons. The van der Waals surface area contributed by atoms with Crippen LogP contribution in [-0.2, 0) is 6.42 Å². The molecule has 0 N–H and O–H groups in total. The molecule has 2 aromatic rings. The molecule has 0 amide bonds. The lowest BCUT2D eigenvalue weighted by atomic mass is 9.99. The molecular weight excluding hydrogens is 300 g/mol. The molecule has 0 aromatic heterocycles. The van der Waals surface area contributed by atoms with E-state index in [1.54, 1.807) is 0 Å². The first-order valence-corrected chi connectivity index (χ1v) is 10.7. The summed E-state index contributed by atoms with van der Waals surface area (Å²) in [6.45, 7) is 3.91. The second kappa shape index (κ2) is 13.0. The molecule has 1 radical (unpaired) electrons. The normalized spacial score (nSPS) is 11.2. The van der Waals surface area contributed by atoms with Gasteiger partial charge in [-0.25, -0.2) is 0 Å². The first kappa shape index (κ1) is 20.0. The fourth-order valence-corrected chi connectivity index (χ4v) is 3.77. The van der Waals surface area contributed by atoms with Gasteiger partial charge in [0, 0.05) is 0 Å². The van der Waals surface area contributed by atoms with Crippen molar-refractivity contribution >= 4 is 10.8 Å². The predicted molar refractivity (Wildman–Crippen MR) is 113 cm³/mol. The van der Waals surface area contributed by atoms with Gasteiger partial charge in [0.15, 0.2) is 0 Å². The van der Waals surface area contributed by atoms with Crippen LogP contribution in [0.5, 0.6) is 0 Å². The lowest BCUT2D eigenvalue weighted by Gasteiger charge is -2.07. The van der Waals surface area contributed by atoms with Crippen molar-refractivity contribution in [2.24, 2.45) is 0 Å². The van der Waals surface area contributed by atoms with Crippen molar-refractivity contribution in [2.75, 3.05) is 0 Å². The summed E-state index contributed by atoms with van der Waals surface area (Å²) in [5, 5.41) is 2.83. The molecule has 2 rings (SSSR count). The molecule has 0 unspecified atom stereocenters. The summed E-state index contributed by atoms with van der Waals surface area (Å²) in [7, 11) is 0. The summed E-state index contributed by atoms with van der Waals surface area (Å²) in [6.07, 6.45) is 19.2. The number of rotatable bonds is 14. The summed E-state index contributed by atoms with van der Waals surface area (Å²) < 4.78 is 0. The third-order valence-electron chi connectivity index (χ3n) is 5.33. The minimum Gasteiger partial charge on any atom is -0.0616 e. The molecular formula is C25H37. The van der Waals surface area contributed by atoms with Crippen molar-refractivity contribution < 1.29 is 0 Å². The standard InChI is InChI=1S/C25H37/c1-2-3-4-5-6-7-8-9-10-11-12-13-14-18-23-20-17-21-24-19-15-16-22-25(23)24/h15-17,19-22H,1-14,18H2. The van der Waals surface area contributed by atoms with E-state index in [2.05, 4.69) is 49.4 Å². The summed E-state index contributed by atoms with van der Waals surface area (Å²) in [6, 6.07) is 15.5. The zero-order chi connectivity index (χ0) is 17.6. The van der Waals surface area contributed by atoms with Gasteiger partial charge in [0.1, 0.15) is 0 Å². The van der Waals surface area contributed by atoms with Gasteiger partial charge in [-0.1, -0.05) is 126 Å². The number of fused-ring (bicyclic) bond motifs is 1. The molecule has 0 bridgehead atoms. The van der Waals surface area contributed by atoms with E-state index in [4.69, 9.17) is 0 Å². The summed E-state index contributed by atoms with van der Waals surface area (Å²) >= 11 is 0. The molecule has 2 aromatic carbocycles.